The molecule has 7 heteroatoms. The molecule has 160 valence electrons. The summed E-state index contributed by atoms with van der Waals surface area (Å²) in [7, 11) is 3.66. The molecule has 2 aromatic heterocycles. The predicted octanol–water partition coefficient (Wildman–Crippen LogP) is 4.28. The number of anilines is 3. The molecule has 3 aromatic rings. The van der Waals surface area contributed by atoms with Gasteiger partial charge in [-0.05, 0) is 49.4 Å². The van der Waals surface area contributed by atoms with Crippen molar-refractivity contribution in [1.29, 1.82) is 0 Å². The zero-order chi connectivity index (χ0) is 21.4. The SMILES string of the molecule is CO[C@H]1CC[C@H](C(=O)N2Cc3cccnc3Nc3ccc(-c4cnn(C)c4)cc32)CC1. The highest BCUT2D eigenvalue weighted by molar-refractivity contribution is 6.00. The van der Waals surface area contributed by atoms with Crippen molar-refractivity contribution in [1.82, 2.24) is 14.8 Å². The molecule has 1 N–H and O–H groups in total. The third kappa shape index (κ3) is 3.81. The summed E-state index contributed by atoms with van der Waals surface area (Å²) in [5.74, 6) is 0.994. The standard InChI is InChI=1S/C24H27N5O2/c1-28-14-19(13-26-28)17-7-10-21-22(12-17)29(15-18-4-3-11-25-23(18)27-21)24(30)16-5-8-20(31-2)9-6-16/h3-4,7,10-14,16,20H,5-6,8-9,15H2,1-2H3,(H,25,27)/t16-,20-. The third-order valence-corrected chi connectivity index (χ3v) is 6.42. The van der Waals surface area contributed by atoms with Crippen LogP contribution in [0.25, 0.3) is 11.1 Å². The first-order valence-corrected chi connectivity index (χ1v) is 10.8. The van der Waals surface area contributed by atoms with Gasteiger partial charge in [-0.25, -0.2) is 4.98 Å². The summed E-state index contributed by atoms with van der Waals surface area (Å²) in [5, 5.41) is 7.74. The van der Waals surface area contributed by atoms with Crippen LogP contribution in [-0.4, -0.2) is 33.9 Å². The highest BCUT2D eigenvalue weighted by atomic mass is 16.5. The monoisotopic (exact) mass is 417 g/mol. The lowest BCUT2D eigenvalue weighted by Crippen LogP contribution is -2.38. The van der Waals surface area contributed by atoms with Crippen LogP contribution in [0.5, 0.6) is 0 Å². The first-order chi connectivity index (χ1) is 15.1. The second-order valence-corrected chi connectivity index (χ2v) is 8.40. The van der Waals surface area contributed by atoms with Crippen LogP contribution in [0.2, 0.25) is 0 Å². The van der Waals surface area contributed by atoms with Crippen LogP contribution >= 0.6 is 0 Å². The Morgan fingerprint density at radius 3 is 2.74 bits per heavy atom. The molecule has 1 aromatic carbocycles. The summed E-state index contributed by atoms with van der Waals surface area (Å²) >= 11 is 0. The van der Waals surface area contributed by atoms with Crippen LogP contribution < -0.4 is 10.2 Å². The number of carbonyl (C=O) groups is 1. The van der Waals surface area contributed by atoms with Gasteiger partial charge in [0, 0.05) is 43.6 Å². The van der Waals surface area contributed by atoms with Gasteiger partial charge in [0.15, 0.2) is 0 Å². The number of hydrogen-bond donors (Lipinski definition) is 1. The van der Waals surface area contributed by atoms with Gasteiger partial charge in [-0.3, -0.25) is 9.48 Å². The molecule has 1 saturated carbocycles. The number of carbonyl (C=O) groups excluding carboxylic acids is 1. The van der Waals surface area contributed by atoms with Gasteiger partial charge in [-0.2, -0.15) is 5.10 Å². The van der Waals surface area contributed by atoms with Crippen LogP contribution in [0.15, 0.2) is 48.9 Å². The van der Waals surface area contributed by atoms with E-state index in [-0.39, 0.29) is 17.9 Å². The maximum atomic E-state index is 13.7. The predicted molar refractivity (Wildman–Crippen MR) is 120 cm³/mol. The van der Waals surface area contributed by atoms with Crippen molar-refractivity contribution in [2.45, 2.75) is 38.3 Å². The van der Waals surface area contributed by atoms with Crippen LogP contribution in [0.3, 0.4) is 0 Å². The number of aryl methyl sites for hydroxylation is 1. The number of ether oxygens (including phenoxy) is 1. The Bertz CT molecular complexity index is 1100. The zero-order valence-electron chi connectivity index (χ0n) is 17.9. The lowest BCUT2D eigenvalue weighted by atomic mass is 9.86. The van der Waals surface area contributed by atoms with Crippen LogP contribution in [0.1, 0.15) is 31.2 Å². The van der Waals surface area contributed by atoms with Gasteiger partial charge in [0.05, 0.1) is 30.2 Å². The number of benzene rings is 1. The van der Waals surface area contributed by atoms with Crippen LogP contribution in [-0.2, 0) is 23.1 Å². The topological polar surface area (TPSA) is 72.3 Å². The van der Waals surface area contributed by atoms with Gasteiger partial charge < -0.3 is 15.0 Å². The number of hydrogen-bond acceptors (Lipinski definition) is 5. The fourth-order valence-electron chi connectivity index (χ4n) is 4.63. The fraction of sp³-hybridized carbons (Fsp3) is 0.375. The molecular formula is C24H27N5O2. The van der Waals surface area contributed by atoms with Crippen molar-refractivity contribution in [3.8, 4) is 11.1 Å². The molecule has 5 rings (SSSR count). The van der Waals surface area contributed by atoms with Crippen molar-refractivity contribution in [3.05, 3.63) is 54.5 Å². The number of aromatic nitrogens is 3. The van der Waals surface area contributed by atoms with Crippen LogP contribution in [0.4, 0.5) is 17.2 Å². The van der Waals surface area contributed by atoms with E-state index in [4.69, 9.17) is 4.74 Å². The van der Waals surface area contributed by atoms with E-state index in [2.05, 4.69) is 27.5 Å². The average molecular weight is 418 g/mol. The van der Waals surface area contributed by atoms with E-state index >= 15 is 0 Å². The highest BCUT2D eigenvalue weighted by Gasteiger charge is 2.33. The second kappa shape index (κ2) is 8.15. The Hall–Kier alpha value is -3.19. The zero-order valence-corrected chi connectivity index (χ0v) is 17.9. The quantitative estimate of drug-likeness (QED) is 0.689. The number of fused-ring (bicyclic) bond motifs is 2. The minimum Gasteiger partial charge on any atom is -0.381 e. The second-order valence-electron chi connectivity index (χ2n) is 8.40. The van der Waals surface area contributed by atoms with E-state index in [1.54, 1.807) is 18.0 Å². The van der Waals surface area contributed by atoms with Crippen molar-refractivity contribution >= 4 is 23.1 Å². The minimum absolute atomic E-state index is 0.0134. The molecule has 0 bridgehead atoms. The van der Waals surface area contributed by atoms with Gasteiger partial charge in [0.25, 0.3) is 0 Å². The molecule has 7 nitrogen and oxygen atoms in total. The van der Waals surface area contributed by atoms with E-state index in [0.717, 1.165) is 59.6 Å². The highest BCUT2D eigenvalue weighted by Crippen LogP contribution is 2.39. The Labute approximate surface area is 182 Å². The maximum absolute atomic E-state index is 13.7. The Morgan fingerprint density at radius 1 is 1.16 bits per heavy atom. The summed E-state index contributed by atoms with van der Waals surface area (Å²) in [6.07, 6.45) is 9.46. The van der Waals surface area contributed by atoms with Gasteiger partial charge in [0.1, 0.15) is 5.82 Å². The number of amides is 1. The van der Waals surface area contributed by atoms with Gasteiger partial charge in [-0.15, -0.1) is 0 Å². The van der Waals surface area contributed by atoms with Crippen molar-refractivity contribution in [2.24, 2.45) is 13.0 Å². The molecule has 1 amide bonds. The Balaban J connectivity index is 1.54. The van der Waals surface area contributed by atoms with E-state index < -0.39 is 0 Å². The van der Waals surface area contributed by atoms with E-state index in [1.165, 1.54) is 0 Å². The molecule has 31 heavy (non-hydrogen) atoms. The van der Waals surface area contributed by atoms with E-state index in [1.807, 2.05) is 42.5 Å². The molecular weight excluding hydrogens is 390 g/mol. The summed E-state index contributed by atoms with van der Waals surface area (Å²) < 4.78 is 7.29. The van der Waals surface area contributed by atoms with E-state index in [9.17, 15) is 4.79 Å². The average Bonchev–Trinajstić information content (AvgIpc) is 3.17. The maximum Gasteiger partial charge on any atom is 0.230 e. The normalized spacial score (nSPS) is 20.4. The Kier molecular flexibility index (Phi) is 5.19. The van der Waals surface area contributed by atoms with Crippen molar-refractivity contribution < 1.29 is 9.53 Å². The molecule has 0 saturated heterocycles. The lowest BCUT2D eigenvalue weighted by molar-refractivity contribution is -0.124. The molecule has 1 aliphatic carbocycles. The molecule has 1 fully saturated rings. The first kappa shape index (κ1) is 19.8. The molecule has 0 radical (unpaired) electrons. The largest absolute Gasteiger partial charge is 0.381 e. The third-order valence-electron chi connectivity index (χ3n) is 6.42. The lowest BCUT2D eigenvalue weighted by Gasteiger charge is -2.32. The smallest absolute Gasteiger partial charge is 0.230 e. The fourth-order valence-corrected chi connectivity index (χ4v) is 4.63. The number of nitrogens with zero attached hydrogens (tertiary/aromatic N) is 4. The Morgan fingerprint density at radius 2 is 2.00 bits per heavy atom. The van der Waals surface area contributed by atoms with Gasteiger partial charge in [-0.1, -0.05) is 12.1 Å². The minimum atomic E-state index is 0.0134. The number of methoxy groups -OCH3 is 1. The molecule has 0 unspecified atom stereocenters. The van der Waals surface area contributed by atoms with Crippen molar-refractivity contribution in [3.63, 3.8) is 0 Å². The van der Waals surface area contributed by atoms with Gasteiger partial charge >= 0.3 is 0 Å². The molecule has 2 aliphatic rings. The first-order valence-electron chi connectivity index (χ1n) is 10.8. The molecule has 1 aliphatic heterocycles. The summed E-state index contributed by atoms with van der Waals surface area (Å²) in [6.45, 7) is 0.503. The van der Waals surface area contributed by atoms with Crippen LogP contribution in [0, 0.1) is 5.92 Å². The number of nitrogens with one attached hydrogen (secondary N) is 1. The van der Waals surface area contributed by atoms with Gasteiger partial charge in [0.2, 0.25) is 5.91 Å². The molecule has 0 atom stereocenters. The summed E-state index contributed by atoms with van der Waals surface area (Å²) in [5.41, 5.74) is 4.86. The molecule has 0 spiro atoms. The van der Waals surface area contributed by atoms with Crippen molar-refractivity contribution in [2.75, 3.05) is 17.3 Å². The summed E-state index contributed by atoms with van der Waals surface area (Å²) in [4.78, 5) is 20.2. The molecule has 3 heterocycles. The summed E-state index contributed by atoms with van der Waals surface area (Å²) in [6, 6.07) is 10.1. The van der Waals surface area contributed by atoms with E-state index in [0.29, 0.717) is 6.54 Å². The number of pyridine rings is 1. The number of rotatable bonds is 3.